The molecule has 2 fully saturated rings. The minimum absolute atomic E-state index is 0.217. The summed E-state index contributed by atoms with van der Waals surface area (Å²) in [6.07, 6.45) is 7.98. The quantitative estimate of drug-likeness (QED) is 0.816. The van der Waals surface area contributed by atoms with Gasteiger partial charge in [-0.2, -0.15) is 0 Å². The van der Waals surface area contributed by atoms with Gasteiger partial charge in [-0.15, -0.1) is 0 Å². The zero-order valence-corrected chi connectivity index (χ0v) is 11.9. The van der Waals surface area contributed by atoms with Gasteiger partial charge in [0, 0.05) is 18.5 Å². The maximum atomic E-state index is 13.0. The Kier molecular flexibility index (Phi) is 4.04. The number of carbonyl (C=O) groups excluding carboxylic acids is 1. The third kappa shape index (κ3) is 3.20. The molecule has 0 radical (unpaired) electrons. The average Bonchev–Trinajstić information content (AvgIpc) is 3.31. The zero-order valence-electron chi connectivity index (χ0n) is 11.9. The van der Waals surface area contributed by atoms with E-state index < -0.39 is 0 Å². The lowest BCUT2D eigenvalue weighted by Crippen LogP contribution is -2.38. The lowest BCUT2D eigenvalue weighted by molar-refractivity contribution is -0.137. The Morgan fingerprint density at radius 2 is 1.70 bits per heavy atom. The van der Waals surface area contributed by atoms with Crippen molar-refractivity contribution in [1.29, 1.82) is 0 Å². The van der Waals surface area contributed by atoms with E-state index in [0.717, 1.165) is 31.2 Å². The van der Waals surface area contributed by atoms with E-state index in [0.29, 0.717) is 18.5 Å². The van der Waals surface area contributed by atoms with Crippen LogP contribution in [0.4, 0.5) is 4.39 Å². The first-order chi connectivity index (χ1) is 9.74. The van der Waals surface area contributed by atoms with Gasteiger partial charge in [-0.3, -0.25) is 4.79 Å². The summed E-state index contributed by atoms with van der Waals surface area (Å²) in [4.78, 5) is 14.7. The number of hydrogen-bond acceptors (Lipinski definition) is 1. The Hall–Kier alpha value is -1.38. The summed E-state index contributed by atoms with van der Waals surface area (Å²) in [5, 5.41) is 0. The van der Waals surface area contributed by atoms with E-state index in [2.05, 4.69) is 0 Å². The molecule has 1 aromatic carbocycles. The first-order valence-corrected chi connectivity index (χ1v) is 7.79. The van der Waals surface area contributed by atoms with Crippen LogP contribution in [0.3, 0.4) is 0 Å². The fourth-order valence-electron chi connectivity index (χ4n) is 3.14. The van der Waals surface area contributed by atoms with Gasteiger partial charge in [-0.25, -0.2) is 4.39 Å². The minimum atomic E-state index is -0.217. The predicted octanol–water partition coefficient (Wildman–Crippen LogP) is 3.90. The van der Waals surface area contributed by atoms with Crippen molar-refractivity contribution in [3.8, 4) is 0 Å². The molecule has 0 bridgehead atoms. The monoisotopic (exact) mass is 275 g/mol. The van der Waals surface area contributed by atoms with Gasteiger partial charge in [-0.1, -0.05) is 31.4 Å². The zero-order chi connectivity index (χ0) is 13.9. The summed E-state index contributed by atoms with van der Waals surface area (Å²) in [7, 11) is 0. The Morgan fingerprint density at radius 3 is 2.30 bits per heavy atom. The van der Waals surface area contributed by atoms with Crippen molar-refractivity contribution in [1.82, 2.24) is 4.90 Å². The predicted molar refractivity (Wildman–Crippen MR) is 76.5 cm³/mol. The van der Waals surface area contributed by atoms with Crippen LogP contribution in [0.2, 0.25) is 0 Å². The molecule has 0 heterocycles. The highest BCUT2D eigenvalue weighted by molar-refractivity contribution is 5.79. The number of halogens is 1. The van der Waals surface area contributed by atoms with Crippen molar-refractivity contribution in [2.45, 2.75) is 57.5 Å². The molecule has 2 aliphatic carbocycles. The van der Waals surface area contributed by atoms with Crippen LogP contribution in [-0.2, 0) is 11.3 Å². The molecule has 1 amide bonds. The molecule has 2 nitrogen and oxygen atoms in total. The highest BCUT2D eigenvalue weighted by atomic mass is 19.1. The Balaban J connectivity index is 1.68. The Labute approximate surface area is 120 Å². The highest BCUT2D eigenvalue weighted by Crippen LogP contribution is 2.33. The van der Waals surface area contributed by atoms with Crippen LogP contribution in [0.5, 0.6) is 0 Å². The van der Waals surface area contributed by atoms with Gasteiger partial charge < -0.3 is 4.90 Å². The van der Waals surface area contributed by atoms with Crippen LogP contribution in [0.15, 0.2) is 24.3 Å². The molecule has 0 aromatic heterocycles. The highest BCUT2D eigenvalue weighted by Gasteiger charge is 2.35. The molecule has 0 aliphatic heterocycles. The molecule has 2 aliphatic rings. The SMILES string of the molecule is O=C(C1CCCCC1)N(Cc1ccc(F)cc1)C1CC1. The van der Waals surface area contributed by atoms with Crippen LogP contribution in [-0.4, -0.2) is 16.8 Å². The molecule has 20 heavy (non-hydrogen) atoms. The number of rotatable bonds is 4. The molecular formula is C17H22FNO. The fraction of sp³-hybridized carbons (Fsp3) is 0.588. The summed E-state index contributed by atoms with van der Waals surface area (Å²) in [5.74, 6) is 0.339. The molecule has 0 saturated heterocycles. The van der Waals surface area contributed by atoms with Crippen LogP contribution >= 0.6 is 0 Å². The van der Waals surface area contributed by atoms with E-state index in [4.69, 9.17) is 0 Å². The lowest BCUT2D eigenvalue weighted by Gasteiger charge is -2.29. The van der Waals surface area contributed by atoms with Crippen LogP contribution in [0.25, 0.3) is 0 Å². The standard InChI is InChI=1S/C17H22FNO/c18-15-8-6-13(7-9-15)12-19(16-10-11-16)17(20)14-4-2-1-3-5-14/h6-9,14,16H,1-5,10-12H2. The van der Waals surface area contributed by atoms with Gasteiger partial charge in [0.05, 0.1) is 0 Å². The smallest absolute Gasteiger partial charge is 0.226 e. The second-order valence-electron chi connectivity index (χ2n) is 6.16. The fourth-order valence-corrected chi connectivity index (χ4v) is 3.14. The van der Waals surface area contributed by atoms with Gasteiger partial charge in [0.15, 0.2) is 0 Å². The third-order valence-corrected chi connectivity index (χ3v) is 4.49. The topological polar surface area (TPSA) is 20.3 Å². The van der Waals surface area contributed by atoms with Crippen molar-refractivity contribution < 1.29 is 9.18 Å². The van der Waals surface area contributed by atoms with Crippen LogP contribution in [0, 0.1) is 11.7 Å². The number of benzene rings is 1. The van der Waals surface area contributed by atoms with E-state index in [-0.39, 0.29) is 11.7 Å². The van der Waals surface area contributed by atoms with Crippen molar-refractivity contribution >= 4 is 5.91 Å². The Bertz CT molecular complexity index is 460. The van der Waals surface area contributed by atoms with Crippen molar-refractivity contribution in [3.63, 3.8) is 0 Å². The number of carbonyl (C=O) groups is 1. The molecule has 1 aromatic rings. The molecule has 0 atom stereocenters. The van der Waals surface area contributed by atoms with Crippen molar-refractivity contribution in [2.24, 2.45) is 5.92 Å². The number of amides is 1. The first-order valence-electron chi connectivity index (χ1n) is 7.79. The number of hydrogen-bond donors (Lipinski definition) is 0. The van der Waals surface area contributed by atoms with Crippen LogP contribution < -0.4 is 0 Å². The van der Waals surface area contributed by atoms with Crippen LogP contribution in [0.1, 0.15) is 50.5 Å². The molecule has 0 unspecified atom stereocenters. The largest absolute Gasteiger partial charge is 0.335 e. The van der Waals surface area contributed by atoms with E-state index in [9.17, 15) is 9.18 Å². The second-order valence-corrected chi connectivity index (χ2v) is 6.16. The summed E-state index contributed by atoms with van der Waals surface area (Å²) in [6, 6.07) is 6.96. The summed E-state index contributed by atoms with van der Waals surface area (Å²) in [6.45, 7) is 0.639. The van der Waals surface area contributed by atoms with E-state index >= 15 is 0 Å². The lowest BCUT2D eigenvalue weighted by atomic mass is 9.88. The van der Waals surface area contributed by atoms with E-state index in [1.54, 1.807) is 12.1 Å². The van der Waals surface area contributed by atoms with Gasteiger partial charge in [0.25, 0.3) is 0 Å². The normalized spacial score (nSPS) is 19.9. The molecule has 108 valence electrons. The molecule has 0 N–H and O–H groups in total. The minimum Gasteiger partial charge on any atom is -0.335 e. The molecule has 3 rings (SSSR count). The summed E-state index contributed by atoms with van der Waals surface area (Å²) in [5.41, 5.74) is 1.03. The van der Waals surface area contributed by atoms with Crippen molar-refractivity contribution in [3.05, 3.63) is 35.6 Å². The molecule has 0 spiro atoms. The maximum Gasteiger partial charge on any atom is 0.226 e. The second kappa shape index (κ2) is 5.94. The van der Waals surface area contributed by atoms with Crippen molar-refractivity contribution in [2.75, 3.05) is 0 Å². The first kappa shape index (κ1) is 13.6. The van der Waals surface area contributed by atoms with Gasteiger partial charge >= 0.3 is 0 Å². The number of nitrogens with zero attached hydrogens (tertiary/aromatic N) is 1. The molecule has 3 heteroatoms. The Morgan fingerprint density at radius 1 is 1.05 bits per heavy atom. The maximum absolute atomic E-state index is 13.0. The molecular weight excluding hydrogens is 253 g/mol. The van der Waals surface area contributed by atoms with Gasteiger partial charge in [0.2, 0.25) is 5.91 Å². The van der Waals surface area contributed by atoms with E-state index in [1.165, 1.54) is 31.4 Å². The average molecular weight is 275 g/mol. The third-order valence-electron chi connectivity index (χ3n) is 4.49. The van der Waals surface area contributed by atoms with Gasteiger partial charge in [-0.05, 0) is 43.4 Å². The molecule has 2 saturated carbocycles. The van der Waals surface area contributed by atoms with Gasteiger partial charge in [0.1, 0.15) is 5.82 Å². The van der Waals surface area contributed by atoms with E-state index in [1.807, 2.05) is 4.90 Å². The summed E-state index contributed by atoms with van der Waals surface area (Å²) < 4.78 is 13.0. The summed E-state index contributed by atoms with van der Waals surface area (Å²) >= 11 is 0.